The molecule has 0 heterocycles. The SMILES string of the molecule is COC(=O)[C@@H]1CC[C@H](O)[C@H]2CC[C@H]21. The number of carbonyl (C=O) groups is 1. The van der Waals surface area contributed by atoms with Crippen LogP contribution in [0, 0.1) is 17.8 Å². The van der Waals surface area contributed by atoms with E-state index in [2.05, 4.69) is 0 Å². The summed E-state index contributed by atoms with van der Waals surface area (Å²) >= 11 is 0. The van der Waals surface area contributed by atoms with Crippen LogP contribution < -0.4 is 0 Å². The van der Waals surface area contributed by atoms with Gasteiger partial charge in [0.15, 0.2) is 0 Å². The summed E-state index contributed by atoms with van der Waals surface area (Å²) in [5.74, 6) is 0.753. The monoisotopic (exact) mass is 184 g/mol. The lowest BCUT2D eigenvalue weighted by Gasteiger charge is -2.47. The van der Waals surface area contributed by atoms with E-state index in [9.17, 15) is 9.90 Å². The van der Waals surface area contributed by atoms with Crippen LogP contribution in [0.1, 0.15) is 25.7 Å². The summed E-state index contributed by atoms with van der Waals surface area (Å²) in [4.78, 5) is 11.4. The Labute approximate surface area is 78.1 Å². The smallest absolute Gasteiger partial charge is 0.308 e. The van der Waals surface area contributed by atoms with Crippen LogP contribution in [-0.2, 0) is 9.53 Å². The maximum Gasteiger partial charge on any atom is 0.308 e. The Balaban J connectivity index is 2.03. The highest BCUT2D eigenvalue weighted by molar-refractivity contribution is 5.73. The van der Waals surface area contributed by atoms with E-state index >= 15 is 0 Å². The van der Waals surface area contributed by atoms with Crippen molar-refractivity contribution >= 4 is 5.97 Å². The van der Waals surface area contributed by atoms with Crippen LogP contribution in [-0.4, -0.2) is 24.3 Å². The predicted molar refractivity (Wildman–Crippen MR) is 47.0 cm³/mol. The van der Waals surface area contributed by atoms with Gasteiger partial charge in [0.25, 0.3) is 0 Å². The van der Waals surface area contributed by atoms with E-state index in [1.165, 1.54) is 7.11 Å². The molecular formula is C10H16O3. The summed E-state index contributed by atoms with van der Waals surface area (Å²) in [5.41, 5.74) is 0. The van der Waals surface area contributed by atoms with E-state index in [1.807, 2.05) is 0 Å². The van der Waals surface area contributed by atoms with E-state index in [0.29, 0.717) is 11.8 Å². The highest BCUT2D eigenvalue weighted by Crippen LogP contribution is 2.48. The van der Waals surface area contributed by atoms with Crippen LogP contribution in [0.25, 0.3) is 0 Å². The summed E-state index contributed by atoms with van der Waals surface area (Å²) in [6.07, 6.45) is 3.57. The Hall–Kier alpha value is -0.570. The van der Waals surface area contributed by atoms with Crippen molar-refractivity contribution in [2.45, 2.75) is 31.8 Å². The van der Waals surface area contributed by atoms with Gasteiger partial charge in [0.1, 0.15) is 0 Å². The summed E-state index contributed by atoms with van der Waals surface area (Å²) in [6, 6.07) is 0. The summed E-state index contributed by atoms with van der Waals surface area (Å²) < 4.78 is 4.76. The van der Waals surface area contributed by atoms with Gasteiger partial charge in [0.05, 0.1) is 19.1 Å². The molecule has 0 bridgehead atoms. The minimum Gasteiger partial charge on any atom is -0.469 e. The van der Waals surface area contributed by atoms with Gasteiger partial charge in [0, 0.05) is 0 Å². The molecule has 3 heteroatoms. The van der Waals surface area contributed by atoms with Crippen molar-refractivity contribution in [2.75, 3.05) is 7.11 Å². The van der Waals surface area contributed by atoms with E-state index in [4.69, 9.17) is 4.74 Å². The van der Waals surface area contributed by atoms with Gasteiger partial charge in [-0.05, 0) is 37.5 Å². The molecule has 0 radical (unpaired) electrons. The lowest BCUT2D eigenvalue weighted by atomic mass is 9.59. The first-order valence-corrected chi connectivity index (χ1v) is 5.00. The first kappa shape index (κ1) is 9.00. The maximum atomic E-state index is 11.4. The molecule has 2 saturated carbocycles. The van der Waals surface area contributed by atoms with Gasteiger partial charge in [-0.3, -0.25) is 4.79 Å². The zero-order chi connectivity index (χ0) is 9.42. The number of rotatable bonds is 1. The second-order valence-corrected chi connectivity index (χ2v) is 4.18. The molecule has 0 unspecified atom stereocenters. The van der Waals surface area contributed by atoms with Crippen LogP contribution in [0.2, 0.25) is 0 Å². The number of methoxy groups -OCH3 is 1. The number of aliphatic hydroxyl groups excluding tert-OH is 1. The Bertz CT molecular complexity index is 214. The third-order valence-electron chi connectivity index (χ3n) is 3.67. The zero-order valence-electron chi connectivity index (χ0n) is 7.90. The van der Waals surface area contributed by atoms with Crippen LogP contribution in [0.4, 0.5) is 0 Å². The number of esters is 1. The number of aliphatic hydroxyl groups is 1. The predicted octanol–water partition coefficient (Wildman–Crippen LogP) is 0.956. The molecule has 0 spiro atoms. The number of fused-ring (bicyclic) bond motifs is 1. The molecule has 0 aromatic heterocycles. The third kappa shape index (κ3) is 1.35. The second-order valence-electron chi connectivity index (χ2n) is 4.18. The molecule has 2 aliphatic rings. The average molecular weight is 184 g/mol. The Kier molecular flexibility index (Phi) is 2.28. The van der Waals surface area contributed by atoms with Gasteiger partial charge in [0.2, 0.25) is 0 Å². The van der Waals surface area contributed by atoms with Gasteiger partial charge in [-0.25, -0.2) is 0 Å². The van der Waals surface area contributed by atoms with E-state index in [1.54, 1.807) is 0 Å². The van der Waals surface area contributed by atoms with Crippen LogP contribution in [0.15, 0.2) is 0 Å². The average Bonchev–Trinajstić information content (AvgIpc) is 2.06. The molecule has 13 heavy (non-hydrogen) atoms. The Morgan fingerprint density at radius 2 is 1.92 bits per heavy atom. The first-order valence-electron chi connectivity index (χ1n) is 5.00. The van der Waals surface area contributed by atoms with Crippen molar-refractivity contribution in [3.8, 4) is 0 Å². The van der Waals surface area contributed by atoms with Crippen LogP contribution in [0.3, 0.4) is 0 Å². The molecular weight excluding hydrogens is 168 g/mol. The topological polar surface area (TPSA) is 46.5 Å². The van der Waals surface area contributed by atoms with Gasteiger partial charge in [-0.2, -0.15) is 0 Å². The molecule has 2 fully saturated rings. The number of ether oxygens (including phenoxy) is 1. The molecule has 4 atom stereocenters. The number of hydrogen-bond acceptors (Lipinski definition) is 3. The Morgan fingerprint density at radius 3 is 2.46 bits per heavy atom. The molecule has 2 rings (SSSR count). The molecule has 2 aliphatic carbocycles. The van der Waals surface area contributed by atoms with Gasteiger partial charge in [-0.1, -0.05) is 0 Å². The van der Waals surface area contributed by atoms with E-state index in [0.717, 1.165) is 25.7 Å². The lowest BCUT2D eigenvalue weighted by molar-refractivity contribution is -0.157. The van der Waals surface area contributed by atoms with Gasteiger partial charge < -0.3 is 9.84 Å². The van der Waals surface area contributed by atoms with Crippen LogP contribution >= 0.6 is 0 Å². The minimum atomic E-state index is -0.167. The molecule has 0 amide bonds. The summed E-state index contributed by atoms with van der Waals surface area (Å²) in [6.45, 7) is 0. The fourth-order valence-electron chi connectivity index (χ4n) is 2.75. The maximum absolute atomic E-state index is 11.4. The van der Waals surface area contributed by atoms with Crippen molar-refractivity contribution in [2.24, 2.45) is 17.8 Å². The molecule has 74 valence electrons. The normalized spacial score (nSPS) is 43.2. The highest BCUT2D eigenvalue weighted by atomic mass is 16.5. The third-order valence-corrected chi connectivity index (χ3v) is 3.67. The highest BCUT2D eigenvalue weighted by Gasteiger charge is 2.47. The fraction of sp³-hybridized carbons (Fsp3) is 0.900. The summed E-state index contributed by atoms with van der Waals surface area (Å²) in [7, 11) is 1.45. The van der Waals surface area contributed by atoms with E-state index in [-0.39, 0.29) is 18.0 Å². The minimum absolute atomic E-state index is 0.0622. The quantitative estimate of drug-likeness (QED) is 0.617. The van der Waals surface area contributed by atoms with Gasteiger partial charge >= 0.3 is 5.97 Å². The van der Waals surface area contributed by atoms with Crippen molar-refractivity contribution in [1.29, 1.82) is 0 Å². The van der Waals surface area contributed by atoms with E-state index < -0.39 is 0 Å². The van der Waals surface area contributed by atoms with Crippen LogP contribution in [0.5, 0.6) is 0 Å². The number of carbonyl (C=O) groups excluding carboxylic acids is 1. The Morgan fingerprint density at radius 1 is 1.23 bits per heavy atom. The zero-order valence-corrected chi connectivity index (χ0v) is 7.90. The molecule has 0 aromatic rings. The standard InChI is InChI=1S/C10H16O3/c1-13-10(12)8-4-5-9(11)7-3-2-6(7)8/h6-9,11H,2-5H2,1H3/t6-,7+,8-,9+/m1/s1. The summed E-state index contributed by atoms with van der Waals surface area (Å²) in [5, 5.41) is 9.62. The van der Waals surface area contributed by atoms with Crippen molar-refractivity contribution in [1.82, 2.24) is 0 Å². The molecule has 0 aromatic carbocycles. The lowest BCUT2D eigenvalue weighted by Crippen LogP contribution is -2.47. The largest absolute Gasteiger partial charge is 0.469 e. The fourth-order valence-corrected chi connectivity index (χ4v) is 2.75. The molecule has 3 nitrogen and oxygen atoms in total. The number of hydrogen-bond donors (Lipinski definition) is 1. The van der Waals surface area contributed by atoms with Gasteiger partial charge in [-0.15, -0.1) is 0 Å². The molecule has 0 aliphatic heterocycles. The second kappa shape index (κ2) is 3.29. The van der Waals surface area contributed by atoms with Crippen molar-refractivity contribution in [3.05, 3.63) is 0 Å². The van der Waals surface area contributed by atoms with Crippen molar-refractivity contribution < 1.29 is 14.6 Å². The molecule has 0 saturated heterocycles. The first-order chi connectivity index (χ1) is 6.24. The van der Waals surface area contributed by atoms with Crippen molar-refractivity contribution in [3.63, 3.8) is 0 Å². The molecule has 1 N–H and O–H groups in total.